The number of carbonyl (C=O) groups excluding carboxylic acids is 1. The zero-order valence-corrected chi connectivity index (χ0v) is 12.2. The summed E-state index contributed by atoms with van der Waals surface area (Å²) in [4.78, 5) is 12.4. The highest BCUT2D eigenvalue weighted by molar-refractivity contribution is 6.08. The van der Waals surface area contributed by atoms with Crippen molar-refractivity contribution in [3.63, 3.8) is 0 Å². The highest BCUT2D eigenvalue weighted by Crippen LogP contribution is 2.20. The van der Waals surface area contributed by atoms with Crippen LogP contribution in [0, 0.1) is 12.7 Å². The second-order valence-electron chi connectivity index (χ2n) is 4.89. The molecule has 0 saturated heterocycles. The van der Waals surface area contributed by atoms with Gasteiger partial charge in [-0.2, -0.15) is 0 Å². The van der Waals surface area contributed by atoms with Crippen LogP contribution < -0.4 is 10.6 Å². The molecule has 110 valence electrons. The molecule has 0 spiro atoms. The van der Waals surface area contributed by atoms with E-state index in [1.54, 1.807) is 19.1 Å². The summed E-state index contributed by atoms with van der Waals surface area (Å²) >= 11 is 0. The van der Waals surface area contributed by atoms with Crippen molar-refractivity contribution >= 4 is 17.3 Å². The molecule has 0 unspecified atom stereocenters. The molecule has 2 aromatic rings. The minimum atomic E-state index is -0.310. The number of nitrogens with one attached hydrogen (secondary N) is 2. The largest absolute Gasteiger partial charge is 0.384 e. The summed E-state index contributed by atoms with van der Waals surface area (Å²) in [5.41, 5.74) is 2.69. The molecule has 0 saturated carbocycles. The summed E-state index contributed by atoms with van der Waals surface area (Å²) in [6, 6.07) is 11.7. The van der Waals surface area contributed by atoms with E-state index in [0.717, 1.165) is 18.7 Å². The Labute approximate surface area is 124 Å². The summed E-state index contributed by atoms with van der Waals surface area (Å²) in [6.07, 6.45) is 0.979. The van der Waals surface area contributed by atoms with Gasteiger partial charge in [-0.25, -0.2) is 4.39 Å². The minimum Gasteiger partial charge on any atom is -0.384 e. The Kier molecular flexibility index (Phi) is 4.93. The van der Waals surface area contributed by atoms with Gasteiger partial charge in [0, 0.05) is 17.9 Å². The number of benzene rings is 2. The Balaban J connectivity index is 2.20. The fourth-order valence-corrected chi connectivity index (χ4v) is 2.05. The average molecular weight is 286 g/mol. The lowest BCUT2D eigenvalue weighted by atomic mass is 10.1. The first-order valence-electron chi connectivity index (χ1n) is 7.02. The number of rotatable bonds is 5. The molecule has 0 heterocycles. The molecule has 0 aromatic heterocycles. The van der Waals surface area contributed by atoms with Crippen molar-refractivity contribution < 1.29 is 9.18 Å². The Hall–Kier alpha value is -2.36. The highest BCUT2D eigenvalue weighted by atomic mass is 19.1. The Morgan fingerprint density at radius 1 is 1.14 bits per heavy atom. The van der Waals surface area contributed by atoms with E-state index < -0.39 is 0 Å². The van der Waals surface area contributed by atoms with Crippen molar-refractivity contribution in [2.75, 3.05) is 17.2 Å². The third-order valence-electron chi connectivity index (χ3n) is 3.17. The molecular weight excluding hydrogens is 267 g/mol. The average Bonchev–Trinajstić information content (AvgIpc) is 2.48. The van der Waals surface area contributed by atoms with E-state index in [-0.39, 0.29) is 11.7 Å². The summed E-state index contributed by atoms with van der Waals surface area (Å²) < 4.78 is 13.1. The lowest BCUT2D eigenvalue weighted by molar-refractivity contribution is 0.102. The standard InChI is InChI=1S/C17H19FN2O/c1-3-10-19-16-7-5-4-6-14(16)17(21)20-15-9-8-13(18)11-12(15)2/h4-9,11,19H,3,10H2,1-2H3,(H,20,21). The van der Waals surface area contributed by atoms with Crippen LogP contribution in [-0.2, 0) is 0 Å². The van der Waals surface area contributed by atoms with Gasteiger partial charge in [0.05, 0.1) is 5.56 Å². The molecule has 0 aliphatic carbocycles. The predicted molar refractivity (Wildman–Crippen MR) is 84.3 cm³/mol. The summed E-state index contributed by atoms with van der Waals surface area (Å²) in [5, 5.41) is 6.06. The van der Waals surface area contributed by atoms with Crippen LogP contribution in [0.2, 0.25) is 0 Å². The Morgan fingerprint density at radius 2 is 1.90 bits per heavy atom. The molecule has 0 radical (unpaired) electrons. The molecule has 0 aliphatic heterocycles. The molecule has 4 heteroatoms. The maximum absolute atomic E-state index is 13.1. The highest BCUT2D eigenvalue weighted by Gasteiger charge is 2.12. The first-order chi connectivity index (χ1) is 10.1. The summed E-state index contributed by atoms with van der Waals surface area (Å²) in [7, 11) is 0. The fraction of sp³-hybridized carbons (Fsp3) is 0.235. The number of hydrogen-bond donors (Lipinski definition) is 2. The van der Waals surface area contributed by atoms with Crippen LogP contribution in [0.25, 0.3) is 0 Å². The van der Waals surface area contributed by atoms with Gasteiger partial charge < -0.3 is 10.6 Å². The number of hydrogen-bond acceptors (Lipinski definition) is 2. The number of anilines is 2. The lowest BCUT2D eigenvalue weighted by Crippen LogP contribution is -2.15. The van der Waals surface area contributed by atoms with Crippen LogP contribution in [0.4, 0.5) is 15.8 Å². The SMILES string of the molecule is CCCNc1ccccc1C(=O)Nc1ccc(F)cc1C. The molecule has 2 aromatic carbocycles. The van der Waals surface area contributed by atoms with Gasteiger partial charge in [-0.15, -0.1) is 0 Å². The first kappa shape index (κ1) is 15.0. The smallest absolute Gasteiger partial charge is 0.257 e. The summed E-state index contributed by atoms with van der Waals surface area (Å²) in [6.45, 7) is 4.64. The van der Waals surface area contributed by atoms with Gasteiger partial charge in [0.2, 0.25) is 0 Å². The second-order valence-corrected chi connectivity index (χ2v) is 4.89. The van der Waals surface area contributed by atoms with E-state index in [0.29, 0.717) is 16.8 Å². The molecular formula is C17H19FN2O. The maximum atomic E-state index is 13.1. The molecule has 1 amide bonds. The lowest BCUT2D eigenvalue weighted by Gasteiger charge is -2.13. The van der Waals surface area contributed by atoms with Gasteiger partial charge >= 0.3 is 0 Å². The van der Waals surface area contributed by atoms with Crippen molar-refractivity contribution in [3.8, 4) is 0 Å². The second kappa shape index (κ2) is 6.88. The fourth-order valence-electron chi connectivity index (χ4n) is 2.05. The summed E-state index contributed by atoms with van der Waals surface area (Å²) in [5.74, 6) is -0.514. The maximum Gasteiger partial charge on any atom is 0.257 e. The van der Waals surface area contributed by atoms with Crippen molar-refractivity contribution in [2.24, 2.45) is 0 Å². The third kappa shape index (κ3) is 3.81. The molecule has 0 bridgehead atoms. The van der Waals surface area contributed by atoms with Crippen molar-refractivity contribution in [2.45, 2.75) is 20.3 Å². The van der Waals surface area contributed by atoms with Crippen LogP contribution in [0.15, 0.2) is 42.5 Å². The van der Waals surface area contributed by atoms with Gasteiger partial charge in [-0.3, -0.25) is 4.79 Å². The van der Waals surface area contributed by atoms with E-state index in [2.05, 4.69) is 17.6 Å². The number of para-hydroxylation sites is 1. The molecule has 0 atom stereocenters. The van der Waals surface area contributed by atoms with E-state index in [1.165, 1.54) is 12.1 Å². The van der Waals surface area contributed by atoms with Gasteiger partial charge in [0.15, 0.2) is 0 Å². The number of carbonyl (C=O) groups is 1. The monoisotopic (exact) mass is 286 g/mol. The van der Waals surface area contributed by atoms with E-state index in [9.17, 15) is 9.18 Å². The zero-order chi connectivity index (χ0) is 15.2. The molecule has 0 aliphatic rings. The van der Waals surface area contributed by atoms with Gasteiger partial charge in [0.25, 0.3) is 5.91 Å². The Bertz CT molecular complexity index is 640. The van der Waals surface area contributed by atoms with Gasteiger partial charge in [0.1, 0.15) is 5.82 Å². The van der Waals surface area contributed by atoms with Gasteiger partial charge in [-0.05, 0) is 49.2 Å². The first-order valence-corrected chi connectivity index (χ1v) is 7.02. The van der Waals surface area contributed by atoms with Crippen LogP contribution in [0.5, 0.6) is 0 Å². The van der Waals surface area contributed by atoms with Crippen LogP contribution in [0.1, 0.15) is 29.3 Å². The predicted octanol–water partition coefficient (Wildman–Crippen LogP) is 4.21. The van der Waals surface area contributed by atoms with Crippen LogP contribution in [-0.4, -0.2) is 12.5 Å². The van der Waals surface area contributed by atoms with E-state index in [4.69, 9.17) is 0 Å². The van der Waals surface area contributed by atoms with E-state index >= 15 is 0 Å². The Morgan fingerprint density at radius 3 is 2.62 bits per heavy atom. The molecule has 2 rings (SSSR count). The van der Waals surface area contributed by atoms with Crippen molar-refractivity contribution in [1.29, 1.82) is 0 Å². The number of amides is 1. The molecule has 21 heavy (non-hydrogen) atoms. The minimum absolute atomic E-state index is 0.205. The van der Waals surface area contributed by atoms with Gasteiger partial charge in [-0.1, -0.05) is 19.1 Å². The number of aryl methyl sites for hydroxylation is 1. The van der Waals surface area contributed by atoms with Crippen molar-refractivity contribution in [3.05, 3.63) is 59.4 Å². The van der Waals surface area contributed by atoms with Crippen molar-refractivity contribution in [1.82, 2.24) is 0 Å². The molecule has 0 fully saturated rings. The topological polar surface area (TPSA) is 41.1 Å². The normalized spacial score (nSPS) is 10.2. The molecule has 2 N–H and O–H groups in total. The molecule has 3 nitrogen and oxygen atoms in total. The van der Waals surface area contributed by atoms with Crippen LogP contribution in [0.3, 0.4) is 0 Å². The third-order valence-corrected chi connectivity index (χ3v) is 3.17. The van der Waals surface area contributed by atoms with E-state index in [1.807, 2.05) is 18.2 Å². The zero-order valence-electron chi connectivity index (χ0n) is 12.2. The van der Waals surface area contributed by atoms with Crippen LogP contribution >= 0.6 is 0 Å². The quantitative estimate of drug-likeness (QED) is 0.864. The number of halogens is 1.